The van der Waals surface area contributed by atoms with Gasteiger partial charge in [-0.05, 0) is 63.1 Å². The zero-order valence-electron chi connectivity index (χ0n) is 26.5. The molecule has 2 saturated heterocycles. The Hall–Kier alpha value is -1.88. The molecule has 2 aliphatic heterocycles. The van der Waals surface area contributed by atoms with E-state index in [0.717, 1.165) is 56.2 Å². The molecule has 3 aliphatic rings. The van der Waals surface area contributed by atoms with Crippen molar-refractivity contribution in [3.8, 4) is 0 Å². The van der Waals surface area contributed by atoms with E-state index in [2.05, 4.69) is 25.4 Å². The maximum absolute atomic E-state index is 12.8. The molecular weight excluding hydrogens is 633 g/mol. The van der Waals surface area contributed by atoms with E-state index in [0.29, 0.717) is 25.2 Å². The van der Waals surface area contributed by atoms with Crippen molar-refractivity contribution >= 4 is 54.9 Å². The minimum atomic E-state index is -0.682. The van der Waals surface area contributed by atoms with Gasteiger partial charge in [0.15, 0.2) is 0 Å². The average Bonchev–Trinajstić information content (AvgIpc) is 3.33. The SMILES string of the molecule is Cl.Cl.Cl.N[C@H](COCc1ccccc1)C(=O)NCCC1C(Nc2nccc(N3CCCCCC3)n2)CCCN1C1CCCCC1. The van der Waals surface area contributed by atoms with Gasteiger partial charge in [-0.2, -0.15) is 4.98 Å². The lowest BCUT2D eigenvalue weighted by Crippen LogP contribution is -2.56. The summed E-state index contributed by atoms with van der Waals surface area (Å²) in [7, 11) is 0. The van der Waals surface area contributed by atoms with Gasteiger partial charge in [-0.15, -0.1) is 37.2 Å². The fourth-order valence-corrected chi connectivity index (χ4v) is 6.97. The van der Waals surface area contributed by atoms with Gasteiger partial charge < -0.3 is 26.0 Å². The third-order valence-corrected chi connectivity index (χ3v) is 9.24. The Bertz CT molecular complexity index is 1090. The Morgan fingerprint density at radius 3 is 2.36 bits per heavy atom. The Morgan fingerprint density at radius 2 is 1.62 bits per heavy atom. The molecule has 1 aromatic heterocycles. The topological polar surface area (TPSA) is 109 Å². The van der Waals surface area contributed by atoms with Crippen molar-refractivity contribution < 1.29 is 9.53 Å². The molecule has 0 radical (unpaired) electrons. The molecule has 9 nitrogen and oxygen atoms in total. The first-order chi connectivity index (χ1) is 20.7. The number of piperidine rings is 1. The van der Waals surface area contributed by atoms with Gasteiger partial charge in [0, 0.05) is 44.0 Å². The van der Waals surface area contributed by atoms with Gasteiger partial charge in [0.1, 0.15) is 11.9 Å². The lowest BCUT2D eigenvalue weighted by molar-refractivity contribution is -0.123. The quantitative estimate of drug-likeness (QED) is 0.259. The number of nitrogens with zero attached hydrogens (tertiary/aromatic N) is 4. The number of likely N-dealkylation sites (tertiary alicyclic amines) is 1. The molecule has 2 unspecified atom stereocenters. The maximum Gasteiger partial charge on any atom is 0.239 e. The molecule has 0 bridgehead atoms. The smallest absolute Gasteiger partial charge is 0.239 e. The molecule has 1 aromatic carbocycles. The van der Waals surface area contributed by atoms with Gasteiger partial charge in [-0.3, -0.25) is 9.69 Å². The van der Waals surface area contributed by atoms with Crippen LogP contribution in [0.3, 0.4) is 0 Å². The van der Waals surface area contributed by atoms with Crippen molar-refractivity contribution in [1.82, 2.24) is 20.2 Å². The molecule has 3 heterocycles. The number of carbonyl (C=O) groups excluding carboxylic acids is 1. The number of nitrogens with one attached hydrogen (secondary N) is 2. The molecular formula is C33H54Cl3N7O2. The van der Waals surface area contributed by atoms with Crippen molar-refractivity contribution in [3.05, 3.63) is 48.2 Å². The van der Waals surface area contributed by atoms with Crippen LogP contribution in [0.5, 0.6) is 0 Å². The molecule has 1 amide bonds. The number of benzene rings is 1. The molecule has 254 valence electrons. The van der Waals surface area contributed by atoms with Crippen LogP contribution in [0.15, 0.2) is 42.6 Å². The Balaban J connectivity index is 0.00000235. The third kappa shape index (κ3) is 12.0. The molecule has 3 atom stereocenters. The summed E-state index contributed by atoms with van der Waals surface area (Å²) in [5.41, 5.74) is 7.25. The monoisotopic (exact) mass is 685 g/mol. The number of amides is 1. The first-order valence-corrected chi connectivity index (χ1v) is 16.4. The standard InChI is InChI=1S/C33H51N7O2.3ClH/c34-28(25-42-24-26-12-5-3-6-13-26)32(41)35-19-17-30-29(16-11-23-40(30)27-14-7-4-8-15-27)37-33-36-20-18-31(38-33)39-21-9-1-2-10-22-39;;;/h3,5-6,12-13,18,20,27-30H,1-2,4,7-11,14-17,19,21-25,34H2,(H,35,41)(H,36,37,38);3*1H/t28-,29?,30?;;;/m1.../s1. The molecule has 0 spiro atoms. The highest BCUT2D eigenvalue weighted by molar-refractivity contribution is 5.86. The number of aromatic nitrogens is 2. The summed E-state index contributed by atoms with van der Waals surface area (Å²) in [6.45, 7) is 4.49. The van der Waals surface area contributed by atoms with E-state index in [4.69, 9.17) is 15.5 Å². The molecule has 2 aromatic rings. The van der Waals surface area contributed by atoms with Crippen LogP contribution >= 0.6 is 37.2 Å². The summed E-state index contributed by atoms with van der Waals surface area (Å²) in [6.07, 6.45) is 16.5. The van der Waals surface area contributed by atoms with Crippen LogP contribution in [0.1, 0.15) is 82.6 Å². The minimum Gasteiger partial charge on any atom is -0.375 e. The normalized spacial score (nSPS) is 21.7. The average molecular weight is 687 g/mol. The maximum atomic E-state index is 12.8. The van der Waals surface area contributed by atoms with Crippen molar-refractivity contribution in [2.24, 2.45) is 5.73 Å². The second kappa shape index (κ2) is 21.1. The number of rotatable bonds is 12. The number of hydrogen-bond donors (Lipinski definition) is 3. The van der Waals surface area contributed by atoms with E-state index in [1.54, 1.807) is 0 Å². The number of nitrogens with two attached hydrogens (primary N) is 1. The first kappa shape index (κ1) is 39.3. The van der Waals surface area contributed by atoms with Crippen molar-refractivity contribution in [3.63, 3.8) is 0 Å². The van der Waals surface area contributed by atoms with E-state index in [9.17, 15) is 4.79 Å². The number of halogens is 3. The largest absolute Gasteiger partial charge is 0.375 e. The summed E-state index contributed by atoms with van der Waals surface area (Å²) < 4.78 is 5.72. The zero-order valence-corrected chi connectivity index (χ0v) is 28.9. The fraction of sp³-hybridized carbons (Fsp3) is 0.667. The lowest BCUT2D eigenvalue weighted by Gasteiger charge is -2.47. The van der Waals surface area contributed by atoms with Gasteiger partial charge >= 0.3 is 0 Å². The molecule has 1 aliphatic carbocycles. The highest BCUT2D eigenvalue weighted by Gasteiger charge is 2.36. The van der Waals surface area contributed by atoms with Crippen LogP contribution < -0.4 is 21.3 Å². The predicted octanol–water partition coefficient (Wildman–Crippen LogP) is 5.75. The van der Waals surface area contributed by atoms with Gasteiger partial charge in [-0.1, -0.05) is 62.4 Å². The molecule has 5 rings (SSSR count). The third-order valence-electron chi connectivity index (χ3n) is 9.24. The first-order valence-electron chi connectivity index (χ1n) is 16.4. The highest BCUT2D eigenvalue weighted by Crippen LogP contribution is 2.31. The van der Waals surface area contributed by atoms with E-state index >= 15 is 0 Å². The molecule has 12 heteroatoms. The van der Waals surface area contributed by atoms with E-state index in [1.165, 1.54) is 57.8 Å². The van der Waals surface area contributed by atoms with Gasteiger partial charge in [0.25, 0.3) is 0 Å². The van der Waals surface area contributed by atoms with Crippen LogP contribution in [0.4, 0.5) is 11.8 Å². The number of anilines is 2. The molecule has 45 heavy (non-hydrogen) atoms. The predicted molar refractivity (Wildman–Crippen MR) is 190 cm³/mol. The Kier molecular flexibility index (Phi) is 18.4. The highest BCUT2D eigenvalue weighted by atomic mass is 35.5. The van der Waals surface area contributed by atoms with Crippen LogP contribution in [0.2, 0.25) is 0 Å². The van der Waals surface area contributed by atoms with Crippen molar-refractivity contribution in [1.29, 1.82) is 0 Å². The van der Waals surface area contributed by atoms with Crippen LogP contribution in [-0.4, -0.2) is 77.7 Å². The fourth-order valence-electron chi connectivity index (χ4n) is 6.97. The summed E-state index contributed by atoms with van der Waals surface area (Å²) >= 11 is 0. The van der Waals surface area contributed by atoms with E-state index < -0.39 is 6.04 Å². The molecule has 1 saturated carbocycles. The Morgan fingerprint density at radius 1 is 0.911 bits per heavy atom. The van der Waals surface area contributed by atoms with Crippen LogP contribution in [0, 0.1) is 0 Å². The Labute approximate surface area is 288 Å². The van der Waals surface area contributed by atoms with Crippen molar-refractivity contribution in [2.45, 2.75) is 108 Å². The number of ether oxygens (including phenoxy) is 1. The second-order valence-electron chi connectivity index (χ2n) is 12.3. The zero-order chi connectivity index (χ0) is 29.0. The summed E-state index contributed by atoms with van der Waals surface area (Å²) in [6, 6.07) is 12.5. The van der Waals surface area contributed by atoms with Crippen LogP contribution in [0.25, 0.3) is 0 Å². The van der Waals surface area contributed by atoms with Gasteiger partial charge in [0.05, 0.1) is 13.2 Å². The van der Waals surface area contributed by atoms with E-state index in [-0.39, 0.29) is 55.8 Å². The van der Waals surface area contributed by atoms with Crippen LogP contribution in [-0.2, 0) is 16.1 Å². The minimum absolute atomic E-state index is 0. The number of carbonyl (C=O) groups is 1. The summed E-state index contributed by atoms with van der Waals surface area (Å²) in [4.78, 5) is 27.6. The van der Waals surface area contributed by atoms with Gasteiger partial charge in [0.2, 0.25) is 11.9 Å². The van der Waals surface area contributed by atoms with E-state index in [1.807, 2.05) is 42.6 Å². The number of hydrogen-bond acceptors (Lipinski definition) is 8. The molecule has 4 N–H and O–H groups in total. The lowest BCUT2D eigenvalue weighted by atomic mass is 9.87. The molecule has 3 fully saturated rings. The second-order valence-corrected chi connectivity index (χ2v) is 12.3. The van der Waals surface area contributed by atoms with Gasteiger partial charge in [-0.25, -0.2) is 4.98 Å². The van der Waals surface area contributed by atoms with Crippen molar-refractivity contribution in [2.75, 3.05) is 43.0 Å². The summed E-state index contributed by atoms with van der Waals surface area (Å²) in [5.74, 6) is 1.60. The summed E-state index contributed by atoms with van der Waals surface area (Å²) in [5, 5.41) is 6.86.